The van der Waals surface area contributed by atoms with Gasteiger partial charge in [0.25, 0.3) is 11.8 Å². The Morgan fingerprint density at radius 2 is 1.51 bits per heavy atom. The summed E-state index contributed by atoms with van der Waals surface area (Å²) >= 11 is 0. The van der Waals surface area contributed by atoms with Gasteiger partial charge in [-0.3, -0.25) is 9.59 Å². The van der Waals surface area contributed by atoms with Gasteiger partial charge in [-0.25, -0.2) is 4.90 Å². The number of anilines is 2. The van der Waals surface area contributed by atoms with E-state index in [-0.39, 0.29) is 22.9 Å². The lowest BCUT2D eigenvalue weighted by molar-refractivity contribution is -0.120. The van der Waals surface area contributed by atoms with Crippen molar-refractivity contribution in [1.29, 1.82) is 0 Å². The molecule has 0 bridgehead atoms. The molecule has 5 heteroatoms. The summed E-state index contributed by atoms with van der Waals surface area (Å²) in [6.07, 6.45) is 0. The van der Waals surface area contributed by atoms with Crippen LogP contribution in [0.1, 0.15) is 49.9 Å². The number of imide groups is 1. The van der Waals surface area contributed by atoms with E-state index in [1.165, 1.54) is 10.5 Å². The molecule has 0 saturated carbocycles. The minimum absolute atomic E-state index is 0.0194. The highest BCUT2D eigenvalue weighted by molar-refractivity contribution is 6.46. The molecule has 180 valence electrons. The highest BCUT2D eigenvalue weighted by atomic mass is 16.5. The first kappa shape index (κ1) is 24.3. The summed E-state index contributed by atoms with van der Waals surface area (Å²) in [5.74, 6) is -0.0378. The van der Waals surface area contributed by atoms with Gasteiger partial charge in [-0.1, -0.05) is 56.7 Å². The summed E-state index contributed by atoms with van der Waals surface area (Å²) in [6, 6.07) is 20.9. The van der Waals surface area contributed by atoms with Crippen LogP contribution in [-0.2, 0) is 15.0 Å². The van der Waals surface area contributed by atoms with Crippen LogP contribution in [0.15, 0.2) is 72.4 Å². The normalized spacial score (nSPS) is 14.1. The molecule has 0 aromatic heterocycles. The van der Waals surface area contributed by atoms with Crippen molar-refractivity contribution >= 4 is 28.8 Å². The zero-order valence-electron chi connectivity index (χ0n) is 21.2. The number of hydrogen-bond acceptors (Lipinski definition) is 4. The van der Waals surface area contributed by atoms with Gasteiger partial charge < -0.3 is 10.1 Å². The van der Waals surface area contributed by atoms with Crippen molar-refractivity contribution in [2.24, 2.45) is 0 Å². The first-order valence-electron chi connectivity index (χ1n) is 11.9. The smallest absolute Gasteiger partial charge is 0.282 e. The number of aryl methyl sites for hydroxylation is 2. The van der Waals surface area contributed by atoms with Crippen molar-refractivity contribution < 1.29 is 14.3 Å². The second-order valence-electron chi connectivity index (χ2n) is 9.89. The number of nitrogens with zero attached hydrogens (tertiary/aromatic N) is 1. The van der Waals surface area contributed by atoms with Crippen LogP contribution in [0.4, 0.5) is 11.4 Å². The van der Waals surface area contributed by atoms with Crippen molar-refractivity contribution in [3.8, 4) is 5.75 Å². The molecule has 1 aliphatic heterocycles. The molecule has 0 saturated heterocycles. The molecular formula is C30H32N2O3. The maximum atomic E-state index is 13.7. The summed E-state index contributed by atoms with van der Waals surface area (Å²) in [5, 5.41) is 3.26. The molecule has 4 rings (SSSR count). The van der Waals surface area contributed by atoms with E-state index >= 15 is 0 Å². The number of hydrogen-bond donors (Lipinski definition) is 1. The van der Waals surface area contributed by atoms with Crippen molar-refractivity contribution in [3.63, 3.8) is 0 Å². The molecule has 0 radical (unpaired) electrons. The Balaban J connectivity index is 1.77. The van der Waals surface area contributed by atoms with Crippen LogP contribution in [0, 0.1) is 13.8 Å². The van der Waals surface area contributed by atoms with Crippen LogP contribution in [0.25, 0.3) is 5.57 Å². The molecule has 0 spiro atoms. The van der Waals surface area contributed by atoms with E-state index in [1.807, 2.05) is 63.2 Å². The predicted molar refractivity (Wildman–Crippen MR) is 142 cm³/mol. The number of amides is 2. The Labute approximate surface area is 207 Å². The standard InChI is InChI=1S/C30H32N2O3/c1-7-35-24-15-13-23(14-16-24)32-28(33)26(25-17-8-19(2)18-20(25)3)27(29(32)34)31-22-11-9-21(10-12-22)30(4,5)6/h8-18,31H,7H2,1-6H3. The van der Waals surface area contributed by atoms with E-state index in [0.717, 1.165) is 22.4 Å². The minimum atomic E-state index is -0.381. The molecule has 35 heavy (non-hydrogen) atoms. The molecule has 3 aromatic rings. The van der Waals surface area contributed by atoms with Gasteiger partial charge in [-0.15, -0.1) is 0 Å². The van der Waals surface area contributed by atoms with Crippen molar-refractivity contribution in [2.75, 3.05) is 16.8 Å². The monoisotopic (exact) mass is 468 g/mol. The Morgan fingerprint density at radius 1 is 0.857 bits per heavy atom. The summed E-state index contributed by atoms with van der Waals surface area (Å²) < 4.78 is 5.52. The number of carbonyl (C=O) groups excluding carboxylic acids is 2. The van der Waals surface area contributed by atoms with Crippen molar-refractivity contribution in [3.05, 3.63) is 94.7 Å². The fraction of sp³-hybridized carbons (Fsp3) is 0.267. The molecule has 1 aliphatic rings. The van der Waals surface area contributed by atoms with Crippen LogP contribution in [-0.4, -0.2) is 18.4 Å². The van der Waals surface area contributed by atoms with Gasteiger partial charge in [0.05, 0.1) is 17.9 Å². The third-order valence-electron chi connectivity index (χ3n) is 6.16. The summed E-state index contributed by atoms with van der Waals surface area (Å²) in [4.78, 5) is 28.6. The van der Waals surface area contributed by atoms with Crippen LogP contribution in [0.3, 0.4) is 0 Å². The lowest BCUT2D eigenvalue weighted by Crippen LogP contribution is -2.32. The minimum Gasteiger partial charge on any atom is -0.494 e. The lowest BCUT2D eigenvalue weighted by atomic mass is 9.87. The van der Waals surface area contributed by atoms with Gasteiger partial charge in [0.1, 0.15) is 11.4 Å². The summed E-state index contributed by atoms with van der Waals surface area (Å²) in [6.45, 7) is 12.9. The number of ether oxygens (including phenoxy) is 1. The fourth-order valence-corrected chi connectivity index (χ4v) is 4.28. The van der Waals surface area contributed by atoms with E-state index < -0.39 is 0 Å². The maximum absolute atomic E-state index is 13.7. The SMILES string of the molecule is CCOc1ccc(N2C(=O)C(Nc3ccc(C(C)(C)C)cc3)=C(c3ccc(C)cc3C)C2=O)cc1. The highest BCUT2D eigenvalue weighted by Crippen LogP contribution is 2.36. The third kappa shape index (κ3) is 4.85. The van der Waals surface area contributed by atoms with Gasteiger partial charge >= 0.3 is 0 Å². The van der Waals surface area contributed by atoms with Crippen molar-refractivity contribution in [2.45, 2.75) is 47.0 Å². The van der Waals surface area contributed by atoms with E-state index in [2.05, 4.69) is 26.1 Å². The number of nitrogens with one attached hydrogen (secondary N) is 1. The molecule has 0 unspecified atom stereocenters. The molecular weight excluding hydrogens is 436 g/mol. The molecule has 0 fully saturated rings. The van der Waals surface area contributed by atoms with Crippen LogP contribution in [0.2, 0.25) is 0 Å². The quantitative estimate of drug-likeness (QED) is 0.426. The van der Waals surface area contributed by atoms with E-state index in [0.29, 0.717) is 23.6 Å². The molecule has 1 heterocycles. The summed E-state index contributed by atoms with van der Waals surface area (Å²) in [7, 11) is 0. The Bertz CT molecular complexity index is 1300. The summed E-state index contributed by atoms with van der Waals surface area (Å²) in [5.41, 5.74) is 5.91. The first-order chi connectivity index (χ1) is 16.6. The predicted octanol–water partition coefficient (Wildman–Crippen LogP) is 6.40. The average Bonchev–Trinajstić information content (AvgIpc) is 3.04. The highest BCUT2D eigenvalue weighted by Gasteiger charge is 2.40. The van der Waals surface area contributed by atoms with Gasteiger partial charge in [-0.05, 0) is 79.3 Å². The number of benzene rings is 3. The molecule has 2 amide bonds. The zero-order chi connectivity index (χ0) is 25.3. The van der Waals surface area contributed by atoms with Gasteiger partial charge in [0.15, 0.2) is 0 Å². The third-order valence-corrected chi connectivity index (χ3v) is 6.16. The second-order valence-corrected chi connectivity index (χ2v) is 9.89. The van der Waals surface area contributed by atoms with Crippen LogP contribution in [0.5, 0.6) is 5.75 Å². The first-order valence-corrected chi connectivity index (χ1v) is 11.9. The van der Waals surface area contributed by atoms with Gasteiger partial charge in [0, 0.05) is 5.69 Å². The maximum Gasteiger partial charge on any atom is 0.282 e. The largest absolute Gasteiger partial charge is 0.494 e. The topological polar surface area (TPSA) is 58.6 Å². The fourth-order valence-electron chi connectivity index (χ4n) is 4.28. The molecule has 5 nitrogen and oxygen atoms in total. The average molecular weight is 469 g/mol. The number of carbonyl (C=O) groups is 2. The molecule has 0 atom stereocenters. The number of rotatable bonds is 6. The van der Waals surface area contributed by atoms with Gasteiger partial charge in [0.2, 0.25) is 0 Å². The lowest BCUT2D eigenvalue weighted by Gasteiger charge is -2.19. The van der Waals surface area contributed by atoms with E-state index in [1.54, 1.807) is 24.3 Å². The molecule has 3 aromatic carbocycles. The van der Waals surface area contributed by atoms with Gasteiger partial charge in [-0.2, -0.15) is 0 Å². The molecule has 1 N–H and O–H groups in total. The second kappa shape index (κ2) is 9.41. The van der Waals surface area contributed by atoms with E-state index in [4.69, 9.17) is 4.74 Å². The van der Waals surface area contributed by atoms with Crippen molar-refractivity contribution in [1.82, 2.24) is 0 Å². The Kier molecular flexibility index (Phi) is 6.53. The van der Waals surface area contributed by atoms with Crippen LogP contribution >= 0.6 is 0 Å². The zero-order valence-corrected chi connectivity index (χ0v) is 21.2. The Morgan fingerprint density at radius 3 is 2.09 bits per heavy atom. The van der Waals surface area contributed by atoms with Crippen LogP contribution < -0.4 is 15.0 Å². The Hall–Kier alpha value is -3.86. The molecule has 0 aliphatic carbocycles. The van der Waals surface area contributed by atoms with E-state index in [9.17, 15) is 9.59 Å².